The van der Waals surface area contributed by atoms with Crippen molar-refractivity contribution in [3.05, 3.63) is 22.9 Å². The van der Waals surface area contributed by atoms with Crippen LogP contribution in [0.2, 0.25) is 0 Å². The molecule has 1 aromatic rings. The Morgan fingerprint density at radius 3 is 2.74 bits per heavy atom. The van der Waals surface area contributed by atoms with Crippen LogP contribution in [0.25, 0.3) is 0 Å². The van der Waals surface area contributed by atoms with Crippen molar-refractivity contribution in [2.24, 2.45) is 5.73 Å². The van der Waals surface area contributed by atoms with Gasteiger partial charge in [-0.3, -0.25) is 4.79 Å². The highest BCUT2D eigenvalue weighted by molar-refractivity contribution is 7.80. The van der Waals surface area contributed by atoms with Crippen LogP contribution in [0.1, 0.15) is 30.2 Å². The predicted molar refractivity (Wildman–Crippen MR) is 81.4 cm³/mol. The van der Waals surface area contributed by atoms with Gasteiger partial charge in [0.25, 0.3) is 0 Å². The molecule has 0 spiro atoms. The molecule has 0 radical (unpaired) electrons. The topological polar surface area (TPSA) is 80.0 Å². The van der Waals surface area contributed by atoms with E-state index in [-0.39, 0.29) is 5.91 Å². The summed E-state index contributed by atoms with van der Waals surface area (Å²) in [5.74, 6) is 0.658. The van der Waals surface area contributed by atoms with Gasteiger partial charge in [0.2, 0.25) is 5.91 Å². The maximum Gasteiger partial charge on any atom is 0.221 e. The number of anilines is 1. The van der Waals surface area contributed by atoms with E-state index in [0.717, 1.165) is 16.8 Å². The summed E-state index contributed by atoms with van der Waals surface area (Å²) in [4.78, 5) is 16.1. The largest absolute Gasteiger partial charge is 0.389 e. The molecule has 0 saturated heterocycles. The van der Waals surface area contributed by atoms with Crippen molar-refractivity contribution < 1.29 is 4.79 Å². The van der Waals surface area contributed by atoms with E-state index in [1.165, 1.54) is 0 Å². The fourth-order valence-electron chi connectivity index (χ4n) is 1.86. The number of aryl methyl sites for hydroxylation is 2. The molecule has 1 heterocycles. The van der Waals surface area contributed by atoms with Crippen LogP contribution in [0.3, 0.4) is 0 Å². The number of rotatable bonds is 6. The molecular weight excluding hydrogens is 260 g/mol. The molecule has 0 bridgehead atoms. The van der Waals surface area contributed by atoms with Gasteiger partial charge in [-0.15, -0.1) is 0 Å². The molecule has 4 N–H and O–H groups in total. The van der Waals surface area contributed by atoms with E-state index in [9.17, 15) is 4.79 Å². The number of hydrogen-bond acceptors (Lipinski definition) is 4. The summed E-state index contributed by atoms with van der Waals surface area (Å²) in [6.45, 7) is 6.88. The van der Waals surface area contributed by atoms with Crippen LogP contribution in [0, 0.1) is 13.8 Å². The van der Waals surface area contributed by atoms with E-state index in [1.807, 2.05) is 26.8 Å². The van der Waals surface area contributed by atoms with E-state index >= 15 is 0 Å². The minimum atomic E-state index is 0.0104. The zero-order chi connectivity index (χ0) is 14.4. The molecule has 1 rings (SSSR count). The number of nitrogens with one attached hydrogen (secondary N) is 2. The molecule has 0 atom stereocenters. The Morgan fingerprint density at radius 2 is 2.16 bits per heavy atom. The normalized spacial score (nSPS) is 10.1. The summed E-state index contributed by atoms with van der Waals surface area (Å²) in [5, 5.41) is 5.87. The molecule has 0 aromatic carbocycles. The summed E-state index contributed by atoms with van der Waals surface area (Å²) in [5.41, 5.74) is 8.34. The monoisotopic (exact) mass is 280 g/mol. The van der Waals surface area contributed by atoms with Crippen molar-refractivity contribution in [1.82, 2.24) is 10.3 Å². The minimum Gasteiger partial charge on any atom is -0.389 e. The summed E-state index contributed by atoms with van der Waals surface area (Å²) in [7, 11) is 0. The number of carbonyl (C=O) groups excluding carboxylic acids is 1. The average Bonchev–Trinajstić information content (AvgIpc) is 2.27. The zero-order valence-corrected chi connectivity index (χ0v) is 12.4. The smallest absolute Gasteiger partial charge is 0.221 e. The number of carbonyl (C=O) groups is 1. The molecule has 1 aromatic heterocycles. The lowest BCUT2D eigenvalue weighted by atomic mass is 10.1. The van der Waals surface area contributed by atoms with Crippen molar-refractivity contribution in [3.63, 3.8) is 0 Å². The third-order valence-electron chi connectivity index (χ3n) is 2.61. The van der Waals surface area contributed by atoms with Crippen molar-refractivity contribution in [2.75, 3.05) is 18.4 Å². The molecule has 5 nitrogen and oxygen atoms in total. The second kappa shape index (κ2) is 7.04. The molecule has 0 unspecified atom stereocenters. The predicted octanol–water partition coefficient (Wildman–Crippen LogP) is 1.27. The lowest BCUT2D eigenvalue weighted by Crippen LogP contribution is -2.25. The van der Waals surface area contributed by atoms with Gasteiger partial charge >= 0.3 is 0 Å². The van der Waals surface area contributed by atoms with Gasteiger partial charge in [0, 0.05) is 25.2 Å². The number of amides is 1. The van der Waals surface area contributed by atoms with E-state index in [0.29, 0.717) is 30.3 Å². The Bertz CT molecular complexity index is 488. The first-order valence-corrected chi connectivity index (χ1v) is 6.65. The Balaban J connectivity index is 2.77. The van der Waals surface area contributed by atoms with Gasteiger partial charge in [0.1, 0.15) is 10.8 Å². The average molecular weight is 280 g/mol. The van der Waals surface area contributed by atoms with Crippen LogP contribution in [-0.4, -0.2) is 29.0 Å². The SMILES string of the molecule is CCNC(=O)CCNc1nc(C)cc(C)c1C(N)=S. The zero-order valence-electron chi connectivity index (χ0n) is 11.5. The van der Waals surface area contributed by atoms with E-state index in [4.69, 9.17) is 18.0 Å². The molecule has 0 aliphatic heterocycles. The molecule has 19 heavy (non-hydrogen) atoms. The number of nitrogens with two attached hydrogens (primary N) is 1. The Labute approximate surface area is 119 Å². The number of thiocarbonyl (C=S) groups is 1. The highest BCUT2D eigenvalue weighted by Gasteiger charge is 2.11. The summed E-state index contributed by atoms with van der Waals surface area (Å²) >= 11 is 5.04. The van der Waals surface area contributed by atoms with Crippen molar-refractivity contribution >= 4 is 28.9 Å². The molecule has 0 aliphatic rings. The van der Waals surface area contributed by atoms with Crippen molar-refractivity contribution in [2.45, 2.75) is 27.2 Å². The van der Waals surface area contributed by atoms with Gasteiger partial charge in [-0.25, -0.2) is 4.98 Å². The summed E-state index contributed by atoms with van der Waals surface area (Å²) in [6.07, 6.45) is 0.388. The van der Waals surface area contributed by atoms with Crippen molar-refractivity contribution in [1.29, 1.82) is 0 Å². The fraction of sp³-hybridized carbons (Fsp3) is 0.462. The number of aromatic nitrogens is 1. The molecule has 6 heteroatoms. The number of pyridine rings is 1. The van der Waals surface area contributed by atoms with E-state index in [2.05, 4.69) is 15.6 Å². The second-order valence-electron chi connectivity index (χ2n) is 4.30. The van der Waals surface area contributed by atoms with Crippen LogP contribution >= 0.6 is 12.2 Å². The molecular formula is C13H20N4OS. The molecule has 0 aliphatic carbocycles. The maximum absolute atomic E-state index is 11.4. The molecule has 1 amide bonds. The quantitative estimate of drug-likeness (QED) is 0.684. The summed E-state index contributed by atoms with van der Waals surface area (Å²) < 4.78 is 0. The first-order chi connectivity index (χ1) is 8.95. The fourth-order valence-corrected chi connectivity index (χ4v) is 2.11. The minimum absolute atomic E-state index is 0.0104. The first kappa shape index (κ1) is 15.4. The third-order valence-corrected chi connectivity index (χ3v) is 2.81. The van der Waals surface area contributed by atoms with Crippen LogP contribution in [0.5, 0.6) is 0 Å². The Morgan fingerprint density at radius 1 is 1.47 bits per heavy atom. The van der Waals surface area contributed by atoms with Gasteiger partial charge in [-0.05, 0) is 32.4 Å². The van der Waals surface area contributed by atoms with Crippen LogP contribution in [0.15, 0.2) is 6.07 Å². The second-order valence-corrected chi connectivity index (χ2v) is 4.74. The standard InChI is InChI=1S/C13H20N4OS/c1-4-15-10(18)5-6-16-13-11(12(14)19)8(2)7-9(3)17-13/h7H,4-6H2,1-3H3,(H2,14,19)(H,15,18)(H,16,17). The van der Waals surface area contributed by atoms with Crippen LogP contribution < -0.4 is 16.4 Å². The highest BCUT2D eigenvalue weighted by Crippen LogP contribution is 2.18. The molecule has 104 valence electrons. The molecule has 0 fully saturated rings. The van der Waals surface area contributed by atoms with Crippen LogP contribution in [0.4, 0.5) is 5.82 Å². The number of nitrogens with zero attached hydrogens (tertiary/aromatic N) is 1. The van der Waals surface area contributed by atoms with E-state index < -0.39 is 0 Å². The lowest BCUT2D eigenvalue weighted by Gasteiger charge is -2.13. The highest BCUT2D eigenvalue weighted by atomic mass is 32.1. The van der Waals surface area contributed by atoms with Gasteiger partial charge in [-0.2, -0.15) is 0 Å². The maximum atomic E-state index is 11.4. The van der Waals surface area contributed by atoms with Crippen molar-refractivity contribution in [3.8, 4) is 0 Å². The van der Waals surface area contributed by atoms with E-state index in [1.54, 1.807) is 0 Å². The lowest BCUT2D eigenvalue weighted by molar-refractivity contribution is -0.120. The Kier molecular flexibility index (Phi) is 5.69. The van der Waals surface area contributed by atoms with Crippen LogP contribution in [-0.2, 0) is 4.79 Å². The van der Waals surface area contributed by atoms with Gasteiger partial charge in [-0.1, -0.05) is 12.2 Å². The van der Waals surface area contributed by atoms with Gasteiger partial charge in [0.15, 0.2) is 0 Å². The Hall–Kier alpha value is -1.69. The number of hydrogen-bond donors (Lipinski definition) is 3. The third kappa shape index (κ3) is 4.48. The first-order valence-electron chi connectivity index (χ1n) is 6.24. The van der Waals surface area contributed by atoms with Gasteiger partial charge in [0.05, 0.1) is 5.56 Å². The molecule has 0 saturated carbocycles. The summed E-state index contributed by atoms with van der Waals surface area (Å²) in [6, 6.07) is 1.93. The van der Waals surface area contributed by atoms with Gasteiger partial charge < -0.3 is 16.4 Å².